The molecule has 7 nitrogen and oxygen atoms in total. The van der Waals surface area contributed by atoms with Crippen LogP contribution in [0, 0.1) is 5.41 Å². The van der Waals surface area contributed by atoms with Gasteiger partial charge in [-0.3, -0.25) is 4.79 Å². The summed E-state index contributed by atoms with van der Waals surface area (Å²) in [6.45, 7) is 0.580. The maximum Gasteiger partial charge on any atom is 0.292 e. The van der Waals surface area contributed by atoms with Crippen molar-refractivity contribution in [2.45, 2.75) is 32.1 Å². The summed E-state index contributed by atoms with van der Waals surface area (Å²) >= 11 is 0. The van der Waals surface area contributed by atoms with Gasteiger partial charge in [0.15, 0.2) is 0 Å². The molecule has 1 amide bonds. The summed E-state index contributed by atoms with van der Waals surface area (Å²) in [6, 6.07) is 0. The quantitative estimate of drug-likeness (QED) is 0.679. The number of aliphatic hydroxyl groups is 1. The van der Waals surface area contributed by atoms with E-state index in [1.165, 1.54) is 6.42 Å². The highest BCUT2D eigenvalue weighted by Gasteiger charge is 2.32. The Morgan fingerprint density at radius 2 is 2.18 bits per heavy atom. The molecule has 0 unspecified atom stereocenters. The van der Waals surface area contributed by atoms with E-state index in [1.54, 1.807) is 0 Å². The zero-order valence-electron chi connectivity index (χ0n) is 9.65. The van der Waals surface area contributed by atoms with Crippen LogP contribution in [0.3, 0.4) is 0 Å². The first-order valence-electron chi connectivity index (χ1n) is 5.88. The Hall–Kier alpha value is -1.50. The predicted molar refractivity (Wildman–Crippen MR) is 59.1 cm³/mol. The van der Waals surface area contributed by atoms with Crippen LogP contribution in [0.15, 0.2) is 0 Å². The van der Waals surface area contributed by atoms with Gasteiger partial charge in [-0.25, -0.2) is 0 Å². The number of carbonyl (C=O) groups excluding carboxylic acids is 1. The minimum Gasteiger partial charge on any atom is -0.396 e. The van der Waals surface area contributed by atoms with Crippen molar-refractivity contribution in [2.75, 3.05) is 13.2 Å². The molecule has 7 heteroatoms. The average Bonchev–Trinajstić information content (AvgIpc) is 2.91. The second kappa shape index (κ2) is 5.22. The number of carbonyl (C=O) groups is 1. The monoisotopic (exact) mass is 239 g/mol. The Morgan fingerprint density at radius 1 is 1.41 bits per heavy atom. The number of tetrazole rings is 1. The molecule has 1 aliphatic carbocycles. The van der Waals surface area contributed by atoms with Gasteiger partial charge in [-0.05, 0) is 18.1 Å². The molecule has 3 N–H and O–H groups in total. The fraction of sp³-hybridized carbons (Fsp3) is 0.800. The normalized spacial score (nSPS) is 18.9. The Bertz CT molecular complexity index is 359. The molecule has 94 valence electrons. The van der Waals surface area contributed by atoms with Crippen LogP contribution in [-0.2, 0) is 0 Å². The van der Waals surface area contributed by atoms with Gasteiger partial charge in [0.05, 0.1) is 6.61 Å². The summed E-state index contributed by atoms with van der Waals surface area (Å²) in [4.78, 5) is 11.6. The fourth-order valence-electron chi connectivity index (χ4n) is 2.30. The number of nitrogens with one attached hydrogen (secondary N) is 2. The zero-order chi connectivity index (χ0) is 12.1. The van der Waals surface area contributed by atoms with E-state index in [2.05, 4.69) is 25.9 Å². The van der Waals surface area contributed by atoms with E-state index in [1.807, 2.05) is 0 Å². The third kappa shape index (κ3) is 2.79. The number of hydrogen-bond donors (Lipinski definition) is 3. The summed E-state index contributed by atoms with van der Waals surface area (Å²) in [6.07, 6.45) is 5.34. The summed E-state index contributed by atoms with van der Waals surface area (Å²) in [5, 5.41) is 25.0. The standard InChI is InChI=1S/C10H17N5O2/c16-7-10(4-2-1-3-5-10)6-11-9(17)8-12-14-15-13-8/h16H,1-7H2,(H,11,17)(H,12,13,14,15). The predicted octanol–water partition coefficient (Wildman–Crippen LogP) is -0.128. The molecule has 0 spiro atoms. The number of hydrogen-bond acceptors (Lipinski definition) is 5. The van der Waals surface area contributed by atoms with Gasteiger partial charge in [-0.15, -0.1) is 10.2 Å². The van der Waals surface area contributed by atoms with Gasteiger partial charge in [0, 0.05) is 12.0 Å². The molecule has 0 aliphatic heterocycles. The van der Waals surface area contributed by atoms with Crippen LogP contribution in [0.2, 0.25) is 0 Å². The number of aromatic amines is 1. The molecule has 0 saturated heterocycles. The Balaban J connectivity index is 1.89. The van der Waals surface area contributed by atoms with E-state index in [4.69, 9.17) is 0 Å². The molecule has 1 aliphatic rings. The van der Waals surface area contributed by atoms with E-state index >= 15 is 0 Å². The van der Waals surface area contributed by atoms with Gasteiger partial charge in [0.25, 0.3) is 11.7 Å². The number of aliphatic hydroxyl groups excluding tert-OH is 1. The van der Waals surface area contributed by atoms with E-state index in [-0.39, 0.29) is 23.8 Å². The number of rotatable bonds is 4. The Morgan fingerprint density at radius 3 is 2.76 bits per heavy atom. The summed E-state index contributed by atoms with van der Waals surface area (Å²) < 4.78 is 0. The average molecular weight is 239 g/mol. The number of amides is 1. The largest absolute Gasteiger partial charge is 0.396 e. The second-order valence-corrected chi connectivity index (χ2v) is 4.64. The van der Waals surface area contributed by atoms with Gasteiger partial charge in [-0.1, -0.05) is 19.3 Å². The van der Waals surface area contributed by atoms with Gasteiger partial charge in [-0.2, -0.15) is 5.21 Å². The van der Waals surface area contributed by atoms with E-state index in [9.17, 15) is 9.90 Å². The van der Waals surface area contributed by atoms with Crippen molar-refractivity contribution >= 4 is 5.91 Å². The van der Waals surface area contributed by atoms with Crippen molar-refractivity contribution in [3.8, 4) is 0 Å². The van der Waals surface area contributed by atoms with Crippen LogP contribution in [0.1, 0.15) is 42.7 Å². The third-order valence-corrected chi connectivity index (χ3v) is 3.42. The number of nitrogens with zero attached hydrogens (tertiary/aromatic N) is 3. The maximum atomic E-state index is 11.6. The van der Waals surface area contributed by atoms with Crippen molar-refractivity contribution in [3.63, 3.8) is 0 Å². The minimum absolute atomic E-state index is 0.0360. The first-order valence-corrected chi connectivity index (χ1v) is 5.88. The lowest BCUT2D eigenvalue weighted by Crippen LogP contribution is -2.41. The van der Waals surface area contributed by atoms with Crippen LogP contribution < -0.4 is 5.32 Å². The van der Waals surface area contributed by atoms with Crippen LogP contribution in [0.4, 0.5) is 0 Å². The number of H-pyrrole nitrogens is 1. The van der Waals surface area contributed by atoms with Crippen molar-refractivity contribution < 1.29 is 9.90 Å². The summed E-state index contributed by atoms with van der Waals surface area (Å²) in [5.74, 6) is -0.314. The van der Waals surface area contributed by atoms with E-state index in [0.29, 0.717) is 6.54 Å². The SMILES string of the molecule is O=C(NCC1(CO)CCCCC1)c1nn[nH]n1. The lowest BCUT2D eigenvalue weighted by atomic mass is 9.74. The molecule has 0 aromatic carbocycles. The molecule has 0 bridgehead atoms. The molecule has 1 saturated carbocycles. The van der Waals surface area contributed by atoms with Crippen molar-refractivity contribution in [2.24, 2.45) is 5.41 Å². The molecule has 1 aromatic rings. The van der Waals surface area contributed by atoms with Gasteiger partial charge in [0.1, 0.15) is 0 Å². The highest BCUT2D eigenvalue weighted by Crippen LogP contribution is 2.35. The molecule has 0 atom stereocenters. The van der Waals surface area contributed by atoms with Crippen molar-refractivity contribution in [1.82, 2.24) is 25.9 Å². The topological polar surface area (TPSA) is 104 Å². The molecule has 2 rings (SSSR count). The maximum absolute atomic E-state index is 11.6. The van der Waals surface area contributed by atoms with Gasteiger partial charge in [0.2, 0.25) is 0 Å². The first kappa shape index (κ1) is 12.0. The van der Waals surface area contributed by atoms with Crippen LogP contribution in [0.5, 0.6) is 0 Å². The zero-order valence-corrected chi connectivity index (χ0v) is 9.65. The Kier molecular flexibility index (Phi) is 3.68. The molecule has 17 heavy (non-hydrogen) atoms. The van der Waals surface area contributed by atoms with Crippen LogP contribution in [-0.4, -0.2) is 44.8 Å². The molecule has 1 heterocycles. The Labute approximate surface area is 99.0 Å². The van der Waals surface area contributed by atoms with Crippen molar-refractivity contribution in [1.29, 1.82) is 0 Å². The molecule has 1 fully saturated rings. The molecule has 0 radical (unpaired) electrons. The minimum atomic E-state index is -0.350. The smallest absolute Gasteiger partial charge is 0.292 e. The van der Waals surface area contributed by atoms with Gasteiger partial charge < -0.3 is 10.4 Å². The van der Waals surface area contributed by atoms with E-state index < -0.39 is 0 Å². The summed E-state index contributed by atoms with van der Waals surface area (Å²) in [7, 11) is 0. The second-order valence-electron chi connectivity index (χ2n) is 4.64. The summed E-state index contributed by atoms with van der Waals surface area (Å²) in [5.41, 5.74) is -0.169. The van der Waals surface area contributed by atoms with Crippen LogP contribution in [0.25, 0.3) is 0 Å². The lowest BCUT2D eigenvalue weighted by molar-refractivity contribution is 0.0713. The molecular formula is C10H17N5O2. The van der Waals surface area contributed by atoms with Gasteiger partial charge >= 0.3 is 0 Å². The van der Waals surface area contributed by atoms with Crippen LogP contribution >= 0.6 is 0 Å². The van der Waals surface area contributed by atoms with E-state index in [0.717, 1.165) is 25.7 Å². The number of aromatic nitrogens is 4. The van der Waals surface area contributed by atoms with Crippen molar-refractivity contribution in [3.05, 3.63) is 5.82 Å². The third-order valence-electron chi connectivity index (χ3n) is 3.42. The fourth-order valence-corrected chi connectivity index (χ4v) is 2.30. The first-order chi connectivity index (χ1) is 8.26. The highest BCUT2D eigenvalue weighted by molar-refractivity contribution is 5.90. The molecular weight excluding hydrogens is 222 g/mol. The molecule has 1 aromatic heterocycles. The lowest BCUT2D eigenvalue weighted by Gasteiger charge is -2.35. The highest BCUT2D eigenvalue weighted by atomic mass is 16.3.